The van der Waals surface area contributed by atoms with Crippen LogP contribution in [0.5, 0.6) is 0 Å². The molecule has 3 aromatic rings. The van der Waals surface area contributed by atoms with Crippen LogP contribution in [-0.4, -0.2) is 33.9 Å². The standard InChI is InChI=1S/C18H16F2N4O/c1-23-8-7-14-16(18(23)25)11-4-6-15(22-17(11)24(14)2)21-10-3-5-12(19)13(20)9-10/h3-6,9H,7-8H2,1-2H3,(H,21,22)/i1T3. The number of hydrogen-bond donors (Lipinski definition) is 1. The summed E-state index contributed by atoms with van der Waals surface area (Å²) in [7, 11) is 1.76. The van der Waals surface area contributed by atoms with Gasteiger partial charge in [0.2, 0.25) is 0 Å². The average molecular weight is 348 g/mol. The molecule has 0 spiro atoms. The lowest BCUT2D eigenvalue weighted by Gasteiger charge is -2.23. The van der Waals surface area contributed by atoms with Crippen molar-refractivity contribution in [2.24, 2.45) is 7.05 Å². The van der Waals surface area contributed by atoms with Crippen LogP contribution in [0.1, 0.15) is 20.2 Å². The van der Waals surface area contributed by atoms with E-state index < -0.39 is 24.5 Å². The van der Waals surface area contributed by atoms with Gasteiger partial charge in [0.1, 0.15) is 11.5 Å². The van der Waals surface area contributed by atoms with Crippen molar-refractivity contribution in [3.05, 3.63) is 53.2 Å². The molecule has 4 rings (SSSR count). The Bertz CT molecular complexity index is 1110. The normalized spacial score (nSPS) is 16.4. The van der Waals surface area contributed by atoms with Crippen molar-refractivity contribution in [3.8, 4) is 0 Å². The fourth-order valence-electron chi connectivity index (χ4n) is 3.13. The summed E-state index contributed by atoms with van der Waals surface area (Å²) in [4.78, 5) is 18.1. The fourth-order valence-corrected chi connectivity index (χ4v) is 3.13. The summed E-state index contributed by atoms with van der Waals surface area (Å²) in [5, 5.41) is 3.45. The second-order valence-electron chi connectivity index (χ2n) is 5.91. The van der Waals surface area contributed by atoms with Gasteiger partial charge in [-0.3, -0.25) is 4.79 Å². The number of carbonyl (C=O) groups excluding carboxylic acids is 1. The van der Waals surface area contributed by atoms with Crippen LogP contribution in [0.4, 0.5) is 20.3 Å². The monoisotopic (exact) mass is 348 g/mol. The number of anilines is 2. The van der Waals surface area contributed by atoms with E-state index in [1.54, 1.807) is 23.7 Å². The number of fused-ring (bicyclic) bond motifs is 3. The topological polar surface area (TPSA) is 50.2 Å². The fraction of sp³-hybridized carbons (Fsp3) is 0.222. The van der Waals surface area contributed by atoms with Gasteiger partial charge in [-0.2, -0.15) is 0 Å². The molecular weight excluding hydrogens is 326 g/mol. The number of aromatic nitrogens is 2. The average Bonchev–Trinajstić information content (AvgIpc) is 2.91. The Morgan fingerprint density at radius 3 is 2.84 bits per heavy atom. The van der Waals surface area contributed by atoms with Crippen LogP contribution >= 0.6 is 0 Å². The van der Waals surface area contributed by atoms with E-state index in [0.29, 0.717) is 34.5 Å². The molecule has 1 amide bonds. The predicted molar refractivity (Wildman–Crippen MR) is 91.0 cm³/mol. The molecule has 5 nitrogen and oxygen atoms in total. The van der Waals surface area contributed by atoms with Gasteiger partial charge < -0.3 is 14.8 Å². The van der Waals surface area contributed by atoms with E-state index in [-0.39, 0.29) is 6.54 Å². The number of pyridine rings is 1. The van der Waals surface area contributed by atoms with Gasteiger partial charge in [-0.05, 0) is 24.3 Å². The molecule has 0 atom stereocenters. The van der Waals surface area contributed by atoms with Gasteiger partial charge >= 0.3 is 0 Å². The Labute approximate surface area is 147 Å². The summed E-state index contributed by atoms with van der Waals surface area (Å²) < 4.78 is 50.9. The Morgan fingerprint density at radius 2 is 2.08 bits per heavy atom. The number of likely N-dealkylation sites (N-methyl/N-ethyl adjacent to an activating group) is 1. The van der Waals surface area contributed by atoms with Crippen molar-refractivity contribution < 1.29 is 17.7 Å². The number of benzene rings is 1. The smallest absolute Gasteiger partial charge is 0.256 e. The highest BCUT2D eigenvalue weighted by Crippen LogP contribution is 2.30. The van der Waals surface area contributed by atoms with Gasteiger partial charge in [-0.25, -0.2) is 13.8 Å². The van der Waals surface area contributed by atoms with Gasteiger partial charge in [-0.1, -0.05) is 0 Å². The van der Waals surface area contributed by atoms with E-state index in [9.17, 15) is 13.6 Å². The molecule has 0 unspecified atom stereocenters. The molecule has 0 radical (unpaired) electrons. The minimum Gasteiger partial charge on any atom is -0.341 e. The third-order valence-electron chi connectivity index (χ3n) is 4.38. The van der Waals surface area contributed by atoms with Gasteiger partial charge in [0.15, 0.2) is 11.6 Å². The zero-order valence-electron chi connectivity index (χ0n) is 16.3. The zero-order valence-corrected chi connectivity index (χ0v) is 13.3. The van der Waals surface area contributed by atoms with Crippen molar-refractivity contribution in [2.75, 3.05) is 18.8 Å². The minimum atomic E-state index is -2.50. The molecule has 128 valence electrons. The van der Waals surface area contributed by atoms with Gasteiger partial charge in [0, 0.05) is 53.9 Å². The number of hydrogen-bond acceptors (Lipinski definition) is 3. The van der Waals surface area contributed by atoms with Crippen molar-refractivity contribution in [1.82, 2.24) is 14.5 Å². The van der Waals surface area contributed by atoms with Crippen molar-refractivity contribution >= 4 is 28.4 Å². The highest BCUT2D eigenvalue weighted by atomic mass is 19.2. The SMILES string of the molecule is [3H]C([3H])([3H])N1CCc2c(c3ccc(Nc4ccc(F)c(F)c4)nc3n2C)C1=O. The first-order valence-electron chi connectivity index (χ1n) is 9.19. The molecule has 0 saturated carbocycles. The molecule has 1 aliphatic rings. The third-order valence-corrected chi connectivity index (χ3v) is 4.38. The van der Waals surface area contributed by atoms with Crippen LogP contribution in [0.2, 0.25) is 0 Å². The molecular formula is C18H16F2N4O. The molecule has 1 N–H and O–H groups in total. The number of aryl methyl sites for hydroxylation is 1. The number of nitrogens with one attached hydrogen (secondary N) is 1. The summed E-state index contributed by atoms with van der Waals surface area (Å²) in [6.07, 6.45) is 0.401. The lowest BCUT2D eigenvalue weighted by molar-refractivity contribution is 0.0781. The van der Waals surface area contributed by atoms with E-state index in [1.165, 1.54) is 6.07 Å². The highest BCUT2D eigenvalue weighted by Gasteiger charge is 2.28. The largest absolute Gasteiger partial charge is 0.341 e. The maximum absolute atomic E-state index is 13.4. The lowest BCUT2D eigenvalue weighted by atomic mass is 10.0. The molecule has 1 aromatic carbocycles. The second kappa shape index (κ2) is 5.54. The maximum atomic E-state index is 13.4. The minimum absolute atomic E-state index is 0.104. The van der Waals surface area contributed by atoms with E-state index >= 15 is 0 Å². The summed E-state index contributed by atoms with van der Waals surface area (Å²) in [5.74, 6) is -2.08. The number of nitrogens with zero attached hydrogens (tertiary/aromatic N) is 3. The molecule has 0 saturated heterocycles. The molecule has 1 aliphatic heterocycles. The van der Waals surface area contributed by atoms with Crippen LogP contribution in [0, 0.1) is 11.6 Å². The third kappa shape index (κ3) is 2.43. The van der Waals surface area contributed by atoms with Crippen LogP contribution in [0.15, 0.2) is 30.3 Å². The first-order valence-corrected chi connectivity index (χ1v) is 7.69. The van der Waals surface area contributed by atoms with Crippen molar-refractivity contribution in [1.29, 1.82) is 0 Å². The molecule has 0 fully saturated rings. The predicted octanol–water partition coefficient (Wildman–Crippen LogP) is 3.22. The Balaban J connectivity index is 1.75. The van der Waals surface area contributed by atoms with Crippen molar-refractivity contribution in [3.63, 3.8) is 0 Å². The highest BCUT2D eigenvalue weighted by molar-refractivity contribution is 6.08. The molecule has 7 heteroatoms. The Morgan fingerprint density at radius 1 is 1.24 bits per heavy atom. The first kappa shape index (κ1) is 12.4. The number of amides is 1. The Hall–Kier alpha value is -2.96. The van der Waals surface area contributed by atoms with E-state index in [1.807, 2.05) is 0 Å². The summed E-state index contributed by atoms with van der Waals surface area (Å²) in [5.41, 5.74) is 1.89. The van der Waals surface area contributed by atoms with Gasteiger partial charge in [0.25, 0.3) is 5.91 Å². The second-order valence-corrected chi connectivity index (χ2v) is 5.91. The van der Waals surface area contributed by atoms with Crippen LogP contribution in [0.3, 0.4) is 0 Å². The molecule has 3 heterocycles. The molecule has 25 heavy (non-hydrogen) atoms. The maximum Gasteiger partial charge on any atom is 0.256 e. The van der Waals surface area contributed by atoms with Gasteiger partial charge in [0.05, 0.1) is 5.56 Å². The van der Waals surface area contributed by atoms with Crippen LogP contribution in [-0.2, 0) is 13.5 Å². The summed E-state index contributed by atoms with van der Waals surface area (Å²) >= 11 is 0. The number of halogens is 2. The summed E-state index contributed by atoms with van der Waals surface area (Å²) in [6.45, 7) is -2.40. The summed E-state index contributed by atoms with van der Waals surface area (Å²) in [6, 6.07) is 6.70. The van der Waals surface area contributed by atoms with Crippen molar-refractivity contribution in [2.45, 2.75) is 6.42 Å². The van der Waals surface area contributed by atoms with E-state index in [0.717, 1.165) is 22.7 Å². The number of rotatable bonds is 2. The van der Waals surface area contributed by atoms with Gasteiger partial charge in [-0.15, -0.1) is 0 Å². The Kier molecular flexibility index (Phi) is 2.75. The lowest BCUT2D eigenvalue weighted by Crippen LogP contribution is -2.34. The molecule has 0 bridgehead atoms. The van der Waals surface area contributed by atoms with Crippen LogP contribution in [0.25, 0.3) is 11.0 Å². The molecule has 2 aromatic heterocycles. The first-order chi connectivity index (χ1) is 13.2. The molecule has 0 aliphatic carbocycles. The van der Waals surface area contributed by atoms with Crippen LogP contribution < -0.4 is 5.32 Å². The zero-order chi connectivity index (χ0) is 20.2. The quantitative estimate of drug-likeness (QED) is 0.774. The van der Waals surface area contributed by atoms with E-state index in [2.05, 4.69) is 10.3 Å². The van der Waals surface area contributed by atoms with E-state index in [4.69, 9.17) is 4.11 Å². The number of carbonyl (C=O) groups is 1.